The van der Waals surface area contributed by atoms with E-state index in [0.717, 1.165) is 7.14 Å². The summed E-state index contributed by atoms with van der Waals surface area (Å²) in [6, 6.07) is 9.45. The molecular formula is C26H27I2N5O7. The van der Waals surface area contributed by atoms with Crippen LogP contribution in [0.4, 0.5) is 4.79 Å². The van der Waals surface area contributed by atoms with E-state index in [0.29, 0.717) is 40.7 Å². The highest BCUT2D eigenvalue weighted by molar-refractivity contribution is 14.1. The SMILES string of the molecule is CCOc1cc([C@@H]2NC(=O)NC(C)=C2C(=O)OC)ccc1OC[C@H](O)N/N=C/c1cc(I)cc(I)c1OCC#N. The van der Waals surface area contributed by atoms with Gasteiger partial charge in [0.15, 0.2) is 24.3 Å². The summed E-state index contributed by atoms with van der Waals surface area (Å²) in [5.41, 5.74) is 4.46. The fourth-order valence-corrected chi connectivity index (χ4v) is 5.79. The summed E-state index contributed by atoms with van der Waals surface area (Å²) < 4.78 is 23.7. The minimum absolute atomic E-state index is 0.105. The van der Waals surface area contributed by atoms with Gasteiger partial charge in [-0.15, -0.1) is 0 Å². The Kier molecular flexibility index (Phi) is 11.6. The van der Waals surface area contributed by atoms with Gasteiger partial charge in [0.25, 0.3) is 0 Å². The predicted molar refractivity (Wildman–Crippen MR) is 162 cm³/mol. The molecule has 0 aromatic heterocycles. The van der Waals surface area contributed by atoms with Crippen molar-refractivity contribution in [3.05, 3.63) is 59.9 Å². The normalized spacial score (nSPS) is 15.5. The number of hydrogen-bond acceptors (Lipinski definition) is 10. The zero-order chi connectivity index (χ0) is 29.2. The van der Waals surface area contributed by atoms with Gasteiger partial charge in [0, 0.05) is 14.8 Å². The van der Waals surface area contributed by atoms with Gasteiger partial charge in [-0.3, -0.25) is 5.43 Å². The Morgan fingerprint density at radius 1 is 1.25 bits per heavy atom. The van der Waals surface area contributed by atoms with E-state index < -0.39 is 24.3 Å². The second-order valence-corrected chi connectivity index (χ2v) is 10.6. The molecule has 40 heavy (non-hydrogen) atoms. The molecule has 1 heterocycles. The zero-order valence-corrected chi connectivity index (χ0v) is 26.1. The molecule has 12 nitrogen and oxygen atoms in total. The molecule has 0 spiro atoms. The van der Waals surface area contributed by atoms with Crippen LogP contribution in [0, 0.1) is 18.5 Å². The van der Waals surface area contributed by atoms with Crippen molar-refractivity contribution >= 4 is 63.4 Å². The third kappa shape index (κ3) is 8.11. The molecule has 0 unspecified atom stereocenters. The maximum absolute atomic E-state index is 12.4. The number of amides is 2. The van der Waals surface area contributed by atoms with E-state index in [4.69, 9.17) is 24.2 Å². The smallest absolute Gasteiger partial charge is 0.337 e. The van der Waals surface area contributed by atoms with Crippen molar-refractivity contribution in [1.82, 2.24) is 16.1 Å². The van der Waals surface area contributed by atoms with Crippen LogP contribution in [0.5, 0.6) is 17.2 Å². The topological polar surface area (TPSA) is 164 Å². The van der Waals surface area contributed by atoms with Gasteiger partial charge in [-0.2, -0.15) is 10.4 Å². The number of carbonyl (C=O) groups excluding carboxylic acids is 2. The van der Waals surface area contributed by atoms with Crippen LogP contribution >= 0.6 is 45.2 Å². The second-order valence-electron chi connectivity index (χ2n) is 8.17. The molecule has 2 atom stereocenters. The van der Waals surface area contributed by atoms with E-state index in [1.165, 1.54) is 13.3 Å². The van der Waals surface area contributed by atoms with E-state index in [1.807, 2.05) is 18.2 Å². The van der Waals surface area contributed by atoms with E-state index in [1.54, 1.807) is 32.0 Å². The third-order valence-electron chi connectivity index (χ3n) is 5.42. The Bertz CT molecular complexity index is 1360. The monoisotopic (exact) mass is 775 g/mol. The molecule has 212 valence electrons. The number of carbonyl (C=O) groups is 2. The van der Waals surface area contributed by atoms with E-state index >= 15 is 0 Å². The molecule has 0 saturated carbocycles. The molecule has 1 aliphatic rings. The summed E-state index contributed by atoms with van der Waals surface area (Å²) in [6.45, 7) is 3.47. The summed E-state index contributed by atoms with van der Waals surface area (Å²) in [5.74, 6) is 0.644. The van der Waals surface area contributed by atoms with Crippen molar-refractivity contribution in [2.75, 3.05) is 26.9 Å². The van der Waals surface area contributed by atoms with Crippen LogP contribution in [0.3, 0.4) is 0 Å². The number of hydrogen-bond donors (Lipinski definition) is 4. The summed E-state index contributed by atoms with van der Waals surface area (Å²) in [5, 5.41) is 28.6. The Labute approximate surface area is 258 Å². The molecule has 0 fully saturated rings. The van der Waals surface area contributed by atoms with Crippen molar-refractivity contribution in [2.24, 2.45) is 5.10 Å². The first kappa shape index (κ1) is 31.2. The highest BCUT2D eigenvalue weighted by atomic mass is 127. The molecular weight excluding hydrogens is 748 g/mol. The van der Waals surface area contributed by atoms with Crippen LogP contribution in [0.25, 0.3) is 0 Å². The van der Waals surface area contributed by atoms with Gasteiger partial charge in [0.1, 0.15) is 18.4 Å². The Morgan fingerprint density at radius 2 is 2.02 bits per heavy atom. The molecule has 0 saturated heterocycles. The largest absolute Gasteiger partial charge is 0.490 e. The number of aliphatic hydroxyl groups is 1. The maximum Gasteiger partial charge on any atom is 0.337 e. The van der Waals surface area contributed by atoms with Crippen molar-refractivity contribution in [2.45, 2.75) is 26.1 Å². The summed E-state index contributed by atoms with van der Waals surface area (Å²) in [7, 11) is 1.27. The average Bonchev–Trinajstić information content (AvgIpc) is 2.91. The molecule has 0 aliphatic carbocycles. The number of benzene rings is 2. The predicted octanol–water partition coefficient (Wildman–Crippen LogP) is 3.32. The quantitative estimate of drug-likeness (QED) is 0.0834. The number of rotatable bonds is 12. The molecule has 2 amide bonds. The van der Waals surface area contributed by atoms with Gasteiger partial charge in [-0.1, -0.05) is 6.07 Å². The number of methoxy groups -OCH3 is 1. The molecule has 4 N–H and O–H groups in total. The number of aliphatic hydroxyl groups excluding tert-OH is 1. The molecule has 2 aromatic rings. The van der Waals surface area contributed by atoms with Crippen LogP contribution < -0.4 is 30.3 Å². The van der Waals surface area contributed by atoms with E-state index in [9.17, 15) is 14.7 Å². The van der Waals surface area contributed by atoms with Gasteiger partial charge < -0.3 is 34.7 Å². The molecule has 2 aromatic carbocycles. The highest BCUT2D eigenvalue weighted by Gasteiger charge is 2.32. The number of allylic oxidation sites excluding steroid dienone is 1. The Balaban J connectivity index is 1.72. The lowest BCUT2D eigenvalue weighted by atomic mass is 9.95. The maximum atomic E-state index is 12.4. The first-order chi connectivity index (χ1) is 19.2. The third-order valence-corrected chi connectivity index (χ3v) is 6.84. The minimum Gasteiger partial charge on any atom is -0.490 e. The van der Waals surface area contributed by atoms with E-state index in [2.05, 4.69) is 66.3 Å². The molecule has 3 rings (SSSR count). The second kappa shape index (κ2) is 14.9. The number of ether oxygens (including phenoxy) is 4. The molecule has 14 heteroatoms. The van der Waals surface area contributed by atoms with E-state index in [-0.39, 0.29) is 18.8 Å². The molecule has 0 radical (unpaired) electrons. The van der Waals surface area contributed by atoms with Crippen LogP contribution in [0.15, 0.2) is 46.7 Å². The van der Waals surface area contributed by atoms with Gasteiger partial charge >= 0.3 is 12.0 Å². The van der Waals surface area contributed by atoms with Crippen molar-refractivity contribution in [3.63, 3.8) is 0 Å². The highest BCUT2D eigenvalue weighted by Crippen LogP contribution is 2.35. The van der Waals surface area contributed by atoms with Gasteiger partial charge in [0.2, 0.25) is 0 Å². The lowest BCUT2D eigenvalue weighted by Gasteiger charge is -2.28. The van der Waals surface area contributed by atoms with Crippen LogP contribution in [-0.4, -0.2) is 56.5 Å². The number of esters is 1. The Morgan fingerprint density at radius 3 is 2.73 bits per heavy atom. The number of nitrogens with one attached hydrogen (secondary N) is 3. The average molecular weight is 775 g/mol. The standard InChI is InChI=1S/C26H27I2N5O7/c1-4-38-20-10-15(23-22(25(35)37-3)14(2)31-26(36)32-23)5-6-19(20)40-13-21(34)33-30-12-16-9-17(27)11-18(28)24(16)39-8-7-29/h5-6,9-12,21,23,33-34H,4,8,13H2,1-3H3,(H2,31,32,36)/b30-12+/t21-,23-/m0/s1. The first-order valence-corrected chi connectivity index (χ1v) is 14.1. The van der Waals surface area contributed by atoms with Crippen LogP contribution in [-0.2, 0) is 9.53 Å². The van der Waals surface area contributed by atoms with Crippen molar-refractivity contribution in [3.8, 4) is 23.3 Å². The number of hydrazone groups is 1. The Hall–Kier alpha value is -3.30. The zero-order valence-electron chi connectivity index (χ0n) is 21.8. The van der Waals surface area contributed by atoms with Gasteiger partial charge in [-0.25, -0.2) is 9.59 Å². The first-order valence-electron chi connectivity index (χ1n) is 11.9. The number of halogens is 2. The van der Waals surface area contributed by atoms with Crippen molar-refractivity contribution in [1.29, 1.82) is 5.26 Å². The summed E-state index contributed by atoms with van der Waals surface area (Å²) in [4.78, 5) is 24.5. The van der Waals surface area contributed by atoms with Crippen LogP contribution in [0.1, 0.15) is 31.0 Å². The molecule has 1 aliphatic heterocycles. The summed E-state index contributed by atoms with van der Waals surface area (Å²) >= 11 is 4.29. The number of nitrogens with zero attached hydrogens (tertiary/aromatic N) is 2. The fraction of sp³-hybridized carbons (Fsp3) is 0.308. The van der Waals surface area contributed by atoms with Gasteiger partial charge in [-0.05, 0) is 88.9 Å². The summed E-state index contributed by atoms with van der Waals surface area (Å²) in [6.07, 6.45) is 0.318. The van der Waals surface area contributed by atoms with Crippen LogP contribution in [0.2, 0.25) is 0 Å². The fourth-order valence-electron chi connectivity index (χ4n) is 3.75. The lowest BCUT2D eigenvalue weighted by molar-refractivity contribution is -0.136. The lowest BCUT2D eigenvalue weighted by Crippen LogP contribution is -2.45. The van der Waals surface area contributed by atoms with Gasteiger partial charge in [0.05, 0.1) is 35.1 Å². The molecule has 0 bridgehead atoms. The number of urea groups is 1. The minimum atomic E-state index is -1.17. The number of nitriles is 1. The van der Waals surface area contributed by atoms with Crippen molar-refractivity contribution < 1.29 is 33.6 Å².